The highest BCUT2D eigenvalue weighted by atomic mass is 35.5. The Balaban J connectivity index is 0.00000361. The Morgan fingerprint density at radius 2 is 1.90 bits per heavy atom. The first-order chi connectivity index (χ1) is 8.92. The Kier molecular flexibility index (Phi) is 7.79. The van der Waals surface area contributed by atoms with Gasteiger partial charge in [-0.2, -0.15) is 0 Å². The molecule has 1 aromatic carbocycles. The highest BCUT2D eigenvalue weighted by Gasteiger charge is 2.28. The topological polar surface area (TPSA) is 64.3 Å². The van der Waals surface area contributed by atoms with Crippen molar-refractivity contribution in [2.24, 2.45) is 11.7 Å². The zero-order chi connectivity index (χ0) is 14.5. The van der Waals surface area contributed by atoms with Crippen LogP contribution in [0.2, 0.25) is 0 Å². The van der Waals surface area contributed by atoms with Gasteiger partial charge in [0.2, 0.25) is 0 Å². The summed E-state index contributed by atoms with van der Waals surface area (Å²) in [6, 6.07) is 7.41. The largest absolute Gasteiger partial charge is 0.380 e. The zero-order valence-electron chi connectivity index (χ0n) is 12.6. The van der Waals surface area contributed by atoms with Crippen LogP contribution in [0.3, 0.4) is 0 Å². The van der Waals surface area contributed by atoms with E-state index in [0.29, 0.717) is 18.7 Å². The van der Waals surface area contributed by atoms with Gasteiger partial charge < -0.3 is 15.8 Å². The average Bonchev–Trinajstić information content (AvgIpc) is 2.39. The lowest BCUT2D eigenvalue weighted by molar-refractivity contribution is 0.0883. The van der Waals surface area contributed by atoms with Gasteiger partial charge in [0.15, 0.2) is 0 Å². The molecule has 0 bridgehead atoms. The van der Waals surface area contributed by atoms with Crippen molar-refractivity contribution >= 4 is 18.3 Å². The van der Waals surface area contributed by atoms with Crippen LogP contribution in [0.25, 0.3) is 0 Å². The molecular formula is C15H25ClN2O2. The van der Waals surface area contributed by atoms with Gasteiger partial charge in [-0.05, 0) is 30.5 Å². The fourth-order valence-corrected chi connectivity index (χ4v) is 1.68. The molecule has 114 valence electrons. The fourth-order valence-electron chi connectivity index (χ4n) is 1.68. The molecule has 1 atom stereocenters. The number of benzene rings is 1. The van der Waals surface area contributed by atoms with Gasteiger partial charge in [-0.3, -0.25) is 4.79 Å². The van der Waals surface area contributed by atoms with E-state index in [-0.39, 0.29) is 29.8 Å². The van der Waals surface area contributed by atoms with Crippen molar-refractivity contribution in [1.29, 1.82) is 0 Å². The second kappa shape index (κ2) is 8.25. The number of nitrogens with two attached hydrogens (primary N) is 1. The van der Waals surface area contributed by atoms with E-state index in [9.17, 15) is 4.79 Å². The average molecular weight is 301 g/mol. The van der Waals surface area contributed by atoms with Crippen molar-refractivity contribution in [2.75, 3.05) is 13.7 Å². The first-order valence-electron chi connectivity index (χ1n) is 6.53. The summed E-state index contributed by atoms with van der Waals surface area (Å²) < 4.78 is 5.04. The van der Waals surface area contributed by atoms with Crippen LogP contribution in [-0.4, -0.2) is 25.1 Å². The third-order valence-corrected chi connectivity index (χ3v) is 3.62. The Bertz CT molecular complexity index is 420. The van der Waals surface area contributed by atoms with Crippen LogP contribution < -0.4 is 11.1 Å². The first kappa shape index (κ1) is 18.9. The highest BCUT2D eigenvalue weighted by Crippen LogP contribution is 2.16. The van der Waals surface area contributed by atoms with E-state index in [1.165, 1.54) is 0 Å². The van der Waals surface area contributed by atoms with E-state index >= 15 is 0 Å². The maximum Gasteiger partial charge on any atom is 0.251 e. The fraction of sp³-hybridized carbons (Fsp3) is 0.533. The highest BCUT2D eigenvalue weighted by molar-refractivity contribution is 5.94. The molecule has 0 aliphatic rings. The van der Waals surface area contributed by atoms with Crippen LogP contribution >= 0.6 is 12.4 Å². The van der Waals surface area contributed by atoms with Gasteiger partial charge in [0.25, 0.3) is 5.91 Å². The first-order valence-corrected chi connectivity index (χ1v) is 6.53. The molecule has 1 aromatic rings. The summed E-state index contributed by atoms with van der Waals surface area (Å²) in [6.45, 7) is 7.03. The number of amides is 1. The second-order valence-electron chi connectivity index (χ2n) is 5.36. The third kappa shape index (κ3) is 4.78. The number of carbonyl (C=O) groups is 1. The van der Waals surface area contributed by atoms with Crippen LogP contribution in [0.1, 0.15) is 36.7 Å². The number of nitrogens with one attached hydrogen (secondary N) is 1. The molecule has 0 aromatic heterocycles. The van der Waals surface area contributed by atoms with E-state index in [2.05, 4.69) is 19.2 Å². The summed E-state index contributed by atoms with van der Waals surface area (Å²) >= 11 is 0. The molecule has 0 radical (unpaired) electrons. The van der Waals surface area contributed by atoms with Crippen molar-refractivity contribution < 1.29 is 9.53 Å². The maximum absolute atomic E-state index is 12.2. The van der Waals surface area contributed by atoms with Crippen molar-refractivity contribution in [3.8, 4) is 0 Å². The molecule has 0 aliphatic heterocycles. The zero-order valence-corrected chi connectivity index (χ0v) is 13.4. The van der Waals surface area contributed by atoms with Crippen molar-refractivity contribution in [1.82, 2.24) is 5.32 Å². The van der Waals surface area contributed by atoms with Crippen molar-refractivity contribution in [3.05, 3.63) is 35.4 Å². The number of ether oxygens (including phenoxy) is 1. The number of halogens is 1. The number of hydrogen-bond acceptors (Lipinski definition) is 3. The lowest BCUT2D eigenvalue weighted by atomic mass is 9.88. The Morgan fingerprint density at radius 1 is 1.35 bits per heavy atom. The van der Waals surface area contributed by atoms with Crippen LogP contribution in [0.5, 0.6) is 0 Å². The van der Waals surface area contributed by atoms with Crippen LogP contribution in [0.15, 0.2) is 24.3 Å². The van der Waals surface area contributed by atoms with Gasteiger partial charge in [0.05, 0.1) is 12.1 Å². The molecule has 4 nitrogen and oxygen atoms in total. The minimum absolute atomic E-state index is 0. The predicted octanol–water partition coefficient (Wildman–Crippen LogP) is 2.36. The molecule has 0 heterocycles. The molecule has 3 N–H and O–H groups in total. The molecule has 0 aliphatic carbocycles. The lowest BCUT2D eigenvalue weighted by Crippen LogP contribution is -2.55. The van der Waals surface area contributed by atoms with Gasteiger partial charge in [-0.25, -0.2) is 0 Å². The molecular weight excluding hydrogens is 276 g/mol. The van der Waals surface area contributed by atoms with E-state index in [0.717, 1.165) is 5.56 Å². The number of methoxy groups -OCH3 is 1. The molecule has 0 saturated heterocycles. The van der Waals surface area contributed by atoms with E-state index in [1.807, 2.05) is 19.1 Å². The maximum atomic E-state index is 12.2. The molecule has 0 spiro atoms. The molecule has 0 fully saturated rings. The molecule has 20 heavy (non-hydrogen) atoms. The van der Waals surface area contributed by atoms with Crippen molar-refractivity contribution in [2.45, 2.75) is 32.9 Å². The second-order valence-corrected chi connectivity index (χ2v) is 5.36. The summed E-state index contributed by atoms with van der Waals surface area (Å²) in [5.74, 6) is 0.180. The number of carbonyl (C=O) groups excluding carboxylic acids is 1. The van der Waals surface area contributed by atoms with E-state index in [1.54, 1.807) is 19.2 Å². The van der Waals surface area contributed by atoms with Crippen molar-refractivity contribution in [3.63, 3.8) is 0 Å². The summed E-state index contributed by atoms with van der Waals surface area (Å²) in [5, 5.41) is 3.02. The monoisotopic (exact) mass is 300 g/mol. The van der Waals surface area contributed by atoms with Gasteiger partial charge in [0, 0.05) is 19.2 Å². The molecule has 0 saturated carbocycles. The molecule has 1 amide bonds. The summed E-state index contributed by atoms with van der Waals surface area (Å²) in [4.78, 5) is 12.2. The smallest absolute Gasteiger partial charge is 0.251 e. The van der Waals surface area contributed by atoms with E-state index < -0.39 is 0 Å². The Morgan fingerprint density at radius 3 is 2.30 bits per heavy atom. The van der Waals surface area contributed by atoms with Gasteiger partial charge in [-0.1, -0.05) is 26.0 Å². The summed E-state index contributed by atoms with van der Waals surface area (Å²) in [7, 11) is 1.65. The molecule has 5 heteroatoms. The summed E-state index contributed by atoms with van der Waals surface area (Å²) in [6.07, 6.45) is 0. The standard InChI is InChI=1S/C15H24N2O2.ClH/c1-11(2)15(3,10-16)17-14(18)13-7-5-12(6-8-13)9-19-4;/h5-8,11H,9-10,16H2,1-4H3,(H,17,18);1H. The number of hydrogen-bond donors (Lipinski definition) is 2. The van der Waals surface area contributed by atoms with Crippen LogP contribution in [0, 0.1) is 5.92 Å². The molecule has 1 rings (SSSR count). The summed E-state index contributed by atoms with van der Waals surface area (Å²) in [5.41, 5.74) is 7.07. The minimum Gasteiger partial charge on any atom is -0.380 e. The number of rotatable bonds is 6. The Hall–Kier alpha value is -1.10. The SMILES string of the molecule is COCc1ccc(C(=O)NC(C)(CN)C(C)C)cc1.Cl. The molecule has 1 unspecified atom stereocenters. The lowest BCUT2D eigenvalue weighted by Gasteiger charge is -2.33. The predicted molar refractivity (Wildman–Crippen MR) is 84.2 cm³/mol. The van der Waals surface area contributed by atoms with Gasteiger partial charge >= 0.3 is 0 Å². The van der Waals surface area contributed by atoms with Gasteiger partial charge in [-0.15, -0.1) is 12.4 Å². The Labute approximate surface area is 127 Å². The van der Waals surface area contributed by atoms with Gasteiger partial charge in [0.1, 0.15) is 0 Å². The minimum atomic E-state index is -0.387. The van der Waals surface area contributed by atoms with E-state index in [4.69, 9.17) is 10.5 Å². The third-order valence-electron chi connectivity index (χ3n) is 3.62. The van der Waals surface area contributed by atoms with Crippen LogP contribution in [0.4, 0.5) is 0 Å². The normalized spacial score (nSPS) is 13.5. The quantitative estimate of drug-likeness (QED) is 0.847. The van der Waals surface area contributed by atoms with Crippen LogP contribution in [-0.2, 0) is 11.3 Å².